The third-order valence-corrected chi connectivity index (χ3v) is 4.14. The molecule has 0 bridgehead atoms. The van der Waals surface area contributed by atoms with Crippen molar-refractivity contribution < 1.29 is 6.22 Å². The summed E-state index contributed by atoms with van der Waals surface area (Å²) in [5, 5.41) is 11.3. The molecule has 4 rings (SSSR count). The average Bonchev–Trinajstić information content (AvgIpc) is 2.94. The van der Waals surface area contributed by atoms with Crippen LogP contribution in [-0.4, -0.2) is 26.4 Å². The first-order chi connectivity index (χ1) is 12.1. The lowest BCUT2D eigenvalue weighted by molar-refractivity contribution is -0.119. The zero-order valence-corrected chi connectivity index (χ0v) is 14.0. The summed E-state index contributed by atoms with van der Waals surface area (Å²) in [7, 11) is 0. The summed E-state index contributed by atoms with van der Waals surface area (Å²) in [6.07, 6.45) is -0.596. The van der Waals surface area contributed by atoms with Crippen LogP contribution in [0, 0.1) is 6.92 Å². The number of benzene rings is 2. The SMILES string of the molecule is CC(=O)N[C@@H]1N=C(c2ccccc2)c2ccccc2-n2c(C)nnc21.[HH]. The summed E-state index contributed by atoms with van der Waals surface area (Å²) in [4.78, 5) is 16.6. The van der Waals surface area contributed by atoms with Crippen LogP contribution >= 0.6 is 0 Å². The molecule has 1 aliphatic heterocycles. The van der Waals surface area contributed by atoms with Gasteiger partial charge in [0.2, 0.25) is 5.91 Å². The van der Waals surface area contributed by atoms with E-state index in [2.05, 4.69) is 15.5 Å². The molecule has 0 unspecified atom stereocenters. The number of nitrogens with zero attached hydrogens (tertiary/aromatic N) is 4. The van der Waals surface area contributed by atoms with E-state index in [0.29, 0.717) is 5.82 Å². The van der Waals surface area contributed by atoms with Crippen LogP contribution in [0.25, 0.3) is 5.69 Å². The molecule has 1 amide bonds. The summed E-state index contributed by atoms with van der Waals surface area (Å²) in [6.45, 7) is 3.37. The Hall–Kier alpha value is -3.28. The first-order valence-corrected chi connectivity index (χ1v) is 8.07. The van der Waals surface area contributed by atoms with Crippen LogP contribution in [0.4, 0.5) is 0 Å². The van der Waals surface area contributed by atoms with Crippen molar-refractivity contribution in [1.29, 1.82) is 0 Å². The summed E-state index contributed by atoms with van der Waals surface area (Å²) in [5.74, 6) is 1.19. The molecule has 1 N–H and O–H groups in total. The minimum absolute atomic E-state index is 0. The Kier molecular flexibility index (Phi) is 3.65. The Labute approximate surface area is 146 Å². The molecular formula is C19H19N5O. The Morgan fingerprint density at radius 2 is 1.80 bits per heavy atom. The molecule has 0 saturated heterocycles. The fraction of sp³-hybridized carbons (Fsp3) is 0.158. The number of carbonyl (C=O) groups is 1. The van der Waals surface area contributed by atoms with Gasteiger partial charge in [-0.25, -0.2) is 0 Å². The van der Waals surface area contributed by atoms with Gasteiger partial charge in [-0.2, -0.15) is 0 Å². The quantitative estimate of drug-likeness (QED) is 0.784. The highest BCUT2D eigenvalue weighted by molar-refractivity contribution is 6.15. The standard InChI is InChI=1S/C19H17N5O.H2/c1-12-22-23-19-18(20-13(2)25)21-17(14-8-4-3-5-9-14)15-10-6-7-11-16(15)24(12)19;/h3-11,18H,1-2H3,(H,20,25);1H/t18-;/m1./s1. The highest BCUT2D eigenvalue weighted by Gasteiger charge is 2.28. The summed E-state index contributed by atoms with van der Waals surface area (Å²) in [5.41, 5.74) is 3.74. The number of para-hydroxylation sites is 1. The minimum Gasteiger partial charge on any atom is -0.328 e. The van der Waals surface area contributed by atoms with Gasteiger partial charge < -0.3 is 5.32 Å². The monoisotopic (exact) mass is 333 g/mol. The molecule has 0 aliphatic carbocycles. The van der Waals surface area contributed by atoms with Crippen molar-refractivity contribution in [3.05, 3.63) is 77.4 Å². The molecule has 1 aliphatic rings. The molecule has 2 aromatic carbocycles. The van der Waals surface area contributed by atoms with Crippen LogP contribution in [0.1, 0.15) is 37.3 Å². The molecule has 1 aromatic heterocycles. The van der Waals surface area contributed by atoms with Crippen molar-refractivity contribution in [3.8, 4) is 5.69 Å². The van der Waals surface area contributed by atoms with Crippen LogP contribution in [0.5, 0.6) is 0 Å². The van der Waals surface area contributed by atoms with E-state index in [0.717, 1.165) is 28.4 Å². The first-order valence-electron chi connectivity index (χ1n) is 8.07. The lowest BCUT2D eigenvalue weighted by Gasteiger charge is -2.13. The molecule has 6 heteroatoms. The van der Waals surface area contributed by atoms with Crippen molar-refractivity contribution in [2.24, 2.45) is 4.99 Å². The van der Waals surface area contributed by atoms with E-state index in [-0.39, 0.29) is 7.33 Å². The van der Waals surface area contributed by atoms with Gasteiger partial charge in [0.1, 0.15) is 5.82 Å². The fourth-order valence-electron chi connectivity index (χ4n) is 3.09. The number of amides is 1. The lowest BCUT2D eigenvalue weighted by Crippen LogP contribution is -2.27. The van der Waals surface area contributed by atoms with Crippen molar-refractivity contribution in [1.82, 2.24) is 20.1 Å². The third-order valence-electron chi connectivity index (χ3n) is 4.14. The van der Waals surface area contributed by atoms with Crippen LogP contribution in [0.15, 0.2) is 59.6 Å². The second-order valence-electron chi connectivity index (χ2n) is 5.90. The van der Waals surface area contributed by atoms with Gasteiger partial charge >= 0.3 is 0 Å². The van der Waals surface area contributed by atoms with E-state index in [4.69, 9.17) is 4.99 Å². The molecule has 2 heterocycles. The Morgan fingerprint density at radius 1 is 1.08 bits per heavy atom. The third kappa shape index (κ3) is 2.61. The molecule has 126 valence electrons. The van der Waals surface area contributed by atoms with Crippen molar-refractivity contribution >= 4 is 11.6 Å². The smallest absolute Gasteiger partial charge is 0.218 e. The van der Waals surface area contributed by atoms with Crippen molar-refractivity contribution in [2.45, 2.75) is 20.0 Å². The number of carbonyl (C=O) groups excluding carboxylic acids is 1. The van der Waals surface area contributed by atoms with E-state index in [1.807, 2.05) is 66.1 Å². The first kappa shape index (κ1) is 15.3. The van der Waals surface area contributed by atoms with Crippen molar-refractivity contribution in [3.63, 3.8) is 0 Å². The highest BCUT2D eigenvalue weighted by atomic mass is 16.1. The highest BCUT2D eigenvalue weighted by Crippen LogP contribution is 2.29. The van der Waals surface area contributed by atoms with E-state index < -0.39 is 6.17 Å². The Morgan fingerprint density at radius 3 is 2.56 bits per heavy atom. The van der Waals surface area contributed by atoms with Gasteiger partial charge in [-0.1, -0.05) is 48.5 Å². The lowest BCUT2D eigenvalue weighted by atomic mass is 10.0. The summed E-state index contributed by atoms with van der Waals surface area (Å²) in [6, 6.07) is 18.0. The predicted molar refractivity (Wildman–Crippen MR) is 96.8 cm³/mol. The molecule has 3 aromatic rings. The normalized spacial score (nSPS) is 15.6. The maximum Gasteiger partial charge on any atom is 0.218 e. The summed E-state index contributed by atoms with van der Waals surface area (Å²) >= 11 is 0. The van der Waals surface area contributed by atoms with Gasteiger partial charge in [-0.15, -0.1) is 10.2 Å². The molecule has 0 radical (unpaired) electrons. The predicted octanol–water partition coefficient (Wildman–Crippen LogP) is 2.81. The molecule has 6 nitrogen and oxygen atoms in total. The second kappa shape index (κ2) is 5.98. The molecule has 0 spiro atoms. The Balaban J connectivity index is 0.00000196. The van der Waals surface area contributed by atoms with Gasteiger partial charge in [0.25, 0.3) is 0 Å². The number of hydrogen-bond acceptors (Lipinski definition) is 4. The molecular weight excluding hydrogens is 314 g/mol. The van der Waals surface area contributed by atoms with Gasteiger partial charge in [0.15, 0.2) is 12.0 Å². The van der Waals surface area contributed by atoms with Crippen LogP contribution in [0.2, 0.25) is 0 Å². The Bertz CT molecular complexity index is 981. The number of hydrogen-bond donors (Lipinski definition) is 1. The maximum absolute atomic E-state index is 11.7. The number of nitrogens with one attached hydrogen (secondary N) is 1. The van der Waals surface area contributed by atoms with Crippen LogP contribution in [0.3, 0.4) is 0 Å². The molecule has 0 fully saturated rings. The molecule has 1 atom stereocenters. The number of aliphatic imine (C=N–C) groups is 1. The second-order valence-corrected chi connectivity index (χ2v) is 5.90. The number of aryl methyl sites for hydroxylation is 1. The van der Waals surface area contributed by atoms with Crippen molar-refractivity contribution in [2.75, 3.05) is 0 Å². The maximum atomic E-state index is 11.7. The van der Waals surface area contributed by atoms with Gasteiger partial charge in [0, 0.05) is 19.5 Å². The van der Waals surface area contributed by atoms with E-state index in [1.165, 1.54) is 6.92 Å². The molecule has 25 heavy (non-hydrogen) atoms. The number of rotatable bonds is 2. The number of aromatic nitrogens is 3. The number of fused-ring (bicyclic) bond motifs is 3. The van der Waals surface area contributed by atoms with Gasteiger partial charge in [0.05, 0.1) is 11.4 Å². The van der Waals surface area contributed by atoms with Crippen LogP contribution in [-0.2, 0) is 4.79 Å². The topological polar surface area (TPSA) is 72.2 Å². The average molecular weight is 333 g/mol. The molecule has 0 saturated carbocycles. The van der Waals surface area contributed by atoms with Crippen LogP contribution < -0.4 is 5.32 Å². The minimum atomic E-state index is -0.596. The van der Waals surface area contributed by atoms with E-state index in [9.17, 15) is 4.79 Å². The van der Waals surface area contributed by atoms with E-state index >= 15 is 0 Å². The zero-order valence-electron chi connectivity index (χ0n) is 14.0. The largest absolute Gasteiger partial charge is 0.328 e. The fourth-order valence-corrected chi connectivity index (χ4v) is 3.09. The zero-order chi connectivity index (χ0) is 17.4. The summed E-state index contributed by atoms with van der Waals surface area (Å²) < 4.78 is 1.95. The van der Waals surface area contributed by atoms with Gasteiger partial charge in [-0.3, -0.25) is 14.4 Å². The van der Waals surface area contributed by atoms with E-state index in [1.54, 1.807) is 0 Å². The van der Waals surface area contributed by atoms with Gasteiger partial charge in [-0.05, 0) is 13.0 Å².